The maximum atomic E-state index is 12.9. The number of rotatable bonds is 5. The molecule has 0 aliphatic carbocycles. The average molecular weight is 394 g/mol. The third-order valence-corrected chi connectivity index (χ3v) is 5.77. The number of benzene rings is 1. The van der Waals surface area contributed by atoms with Gasteiger partial charge in [-0.25, -0.2) is 4.98 Å². The fourth-order valence-electron chi connectivity index (χ4n) is 4.06. The molecule has 7 heteroatoms. The van der Waals surface area contributed by atoms with Crippen LogP contribution in [0.25, 0.3) is 0 Å². The molecule has 0 unspecified atom stereocenters. The zero-order chi connectivity index (χ0) is 20.4. The number of hydrogen-bond donors (Lipinski definition) is 1. The van der Waals surface area contributed by atoms with Gasteiger partial charge in [0.05, 0.1) is 18.8 Å². The normalized spacial score (nSPS) is 20.5. The van der Waals surface area contributed by atoms with Gasteiger partial charge in [0.25, 0.3) is 0 Å². The third kappa shape index (κ3) is 4.10. The summed E-state index contributed by atoms with van der Waals surface area (Å²) in [7, 11) is 0. The maximum absolute atomic E-state index is 12.9. The smallest absolute Gasteiger partial charge is 0.242 e. The van der Waals surface area contributed by atoms with E-state index in [1.54, 1.807) is 11.0 Å². The molecule has 29 heavy (non-hydrogen) atoms. The molecule has 1 N–H and O–H groups in total. The molecule has 2 aliphatic heterocycles. The van der Waals surface area contributed by atoms with Crippen LogP contribution < -0.4 is 4.90 Å². The molecule has 0 radical (unpaired) electrons. The van der Waals surface area contributed by atoms with Gasteiger partial charge in [-0.1, -0.05) is 31.2 Å². The van der Waals surface area contributed by atoms with Gasteiger partial charge >= 0.3 is 0 Å². The van der Waals surface area contributed by atoms with Crippen molar-refractivity contribution >= 4 is 17.6 Å². The first-order valence-corrected chi connectivity index (χ1v) is 10.1. The Morgan fingerprint density at radius 1 is 1.03 bits per heavy atom. The Hall–Kier alpha value is -2.93. The number of carbonyl (C=O) groups is 2. The Balaban J connectivity index is 1.36. The standard InChI is InChI=1S/C22H26N4O3/c1-2-16-3-5-17(6-4-16)14-25-10-9-19(22(25)29)24-11-12-26(21(28)15-24)20-8-7-18(27)13-23-20/h3-8,13,19,27H,2,9-12,14-15H2,1H3/t19-/m1/s1. The maximum Gasteiger partial charge on any atom is 0.242 e. The minimum atomic E-state index is -0.233. The molecule has 0 spiro atoms. The van der Waals surface area contributed by atoms with E-state index in [-0.39, 0.29) is 30.2 Å². The molecule has 2 fully saturated rings. The minimum absolute atomic E-state index is 0.0702. The molecule has 0 bridgehead atoms. The number of anilines is 1. The molecule has 1 aromatic heterocycles. The van der Waals surface area contributed by atoms with Gasteiger partial charge in [0.2, 0.25) is 11.8 Å². The number of carbonyl (C=O) groups excluding carboxylic acids is 2. The lowest BCUT2D eigenvalue weighted by atomic mass is 10.1. The van der Waals surface area contributed by atoms with E-state index >= 15 is 0 Å². The molecule has 1 aromatic carbocycles. The summed E-state index contributed by atoms with van der Waals surface area (Å²) >= 11 is 0. The summed E-state index contributed by atoms with van der Waals surface area (Å²) in [5.41, 5.74) is 2.43. The second kappa shape index (κ2) is 8.21. The van der Waals surface area contributed by atoms with E-state index in [4.69, 9.17) is 0 Å². The number of hydrogen-bond acceptors (Lipinski definition) is 5. The molecule has 0 saturated carbocycles. The summed E-state index contributed by atoms with van der Waals surface area (Å²) in [6.07, 6.45) is 3.09. The van der Waals surface area contributed by atoms with Crippen LogP contribution in [0.1, 0.15) is 24.5 Å². The van der Waals surface area contributed by atoms with E-state index in [1.165, 1.54) is 17.8 Å². The zero-order valence-corrected chi connectivity index (χ0v) is 16.6. The van der Waals surface area contributed by atoms with Crippen LogP contribution in [0.15, 0.2) is 42.6 Å². The SMILES string of the molecule is CCc1ccc(CN2CC[C@@H](N3CCN(c4ccc(O)cn4)C(=O)C3)C2=O)cc1. The molecule has 152 valence electrons. The fourth-order valence-corrected chi connectivity index (χ4v) is 4.06. The Morgan fingerprint density at radius 3 is 2.45 bits per heavy atom. The fraction of sp³-hybridized carbons (Fsp3) is 0.409. The lowest BCUT2D eigenvalue weighted by molar-refractivity contribution is -0.134. The highest BCUT2D eigenvalue weighted by molar-refractivity contribution is 5.95. The third-order valence-electron chi connectivity index (χ3n) is 5.77. The van der Waals surface area contributed by atoms with Gasteiger partial charge in [-0.2, -0.15) is 0 Å². The first-order chi connectivity index (χ1) is 14.0. The number of piperazine rings is 1. The van der Waals surface area contributed by atoms with Crippen LogP contribution in [-0.4, -0.2) is 63.9 Å². The first kappa shape index (κ1) is 19.4. The number of nitrogens with zero attached hydrogens (tertiary/aromatic N) is 4. The summed E-state index contributed by atoms with van der Waals surface area (Å²) < 4.78 is 0. The highest BCUT2D eigenvalue weighted by Crippen LogP contribution is 2.23. The van der Waals surface area contributed by atoms with Crippen molar-refractivity contribution in [3.63, 3.8) is 0 Å². The quantitative estimate of drug-likeness (QED) is 0.837. The van der Waals surface area contributed by atoms with Crippen LogP contribution in [-0.2, 0) is 22.6 Å². The lowest BCUT2D eigenvalue weighted by Gasteiger charge is -2.36. The second-order valence-electron chi connectivity index (χ2n) is 7.62. The molecule has 1 atom stereocenters. The van der Waals surface area contributed by atoms with E-state index in [0.717, 1.165) is 18.4 Å². The molecular weight excluding hydrogens is 368 g/mol. The van der Waals surface area contributed by atoms with E-state index in [9.17, 15) is 14.7 Å². The summed E-state index contributed by atoms with van der Waals surface area (Å²) in [5, 5.41) is 9.38. The Kier molecular flexibility index (Phi) is 5.49. The predicted molar refractivity (Wildman–Crippen MR) is 109 cm³/mol. The largest absolute Gasteiger partial charge is 0.506 e. The number of aromatic nitrogens is 1. The van der Waals surface area contributed by atoms with Crippen molar-refractivity contribution in [1.82, 2.24) is 14.8 Å². The van der Waals surface area contributed by atoms with Crippen molar-refractivity contribution < 1.29 is 14.7 Å². The van der Waals surface area contributed by atoms with Crippen LogP contribution in [0.3, 0.4) is 0 Å². The Morgan fingerprint density at radius 2 is 1.79 bits per heavy atom. The van der Waals surface area contributed by atoms with Gasteiger partial charge in [0, 0.05) is 26.2 Å². The molecule has 3 heterocycles. The second-order valence-corrected chi connectivity index (χ2v) is 7.62. The zero-order valence-electron chi connectivity index (χ0n) is 16.6. The molecule has 7 nitrogen and oxygen atoms in total. The van der Waals surface area contributed by atoms with Crippen LogP contribution in [0, 0.1) is 0 Å². The van der Waals surface area contributed by atoms with Crippen molar-refractivity contribution in [2.75, 3.05) is 31.1 Å². The number of amides is 2. The highest BCUT2D eigenvalue weighted by atomic mass is 16.3. The summed E-state index contributed by atoms with van der Waals surface area (Å²) in [6.45, 7) is 4.78. The van der Waals surface area contributed by atoms with E-state index < -0.39 is 0 Å². The molecule has 2 aliphatic rings. The van der Waals surface area contributed by atoms with E-state index in [1.807, 2.05) is 9.80 Å². The molecule has 2 aromatic rings. The van der Waals surface area contributed by atoms with Gasteiger partial charge in [0.15, 0.2) is 0 Å². The van der Waals surface area contributed by atoms with Gasteiger partial charge in [0.1, 0.15) is 11.6 Å². The van der Waals surface area contributed by atoms with Crippen LogP contribution >= 0.6 is 0 Å². The van der Waals surface area contributed by atoms with Gasteiger partial charge in [-0.3, -0.25) is 19.4 Å². The Labute approximate surface area is 170 Å². The van der Waals surface area contributed by atoms with E-state index in [0.29, 0.717) is 32.0 Å². The summed E-state index contributed by atoms with van der Waals surface area (Å²) in [4.78, 5) is 35.2. The average Bonchev–Trinajstić information content (AvgIpc) is 3.09. The number of pyridine rings is 1. The van der Waals surface area contributed by atoms with Gasteiger partial charge in [-0.05, 0) is 36.1 Å². The monoisotopic (exact) mass is 394 g/mol. The van der Waals surface area contributed by atoms with Gasteiger partial charge in [-0.15, -0.1) is 0 Å². The lowest BCUT2D eigenvalue weighted by Crippen LogP contribution is -2.55. The van der Waals surface area contributed by atoms with Crippen molar-refractivity contribution in [3.8, 4) is 5.75 Å². The molecular formula is C22H26N4O3. The van der Waals surface area contributed by atoms with E-state index in [2.05, 4.69) is 36.2 Å². The van der Waals surface area contributed by atoms with Crippen molar-refractivity contribution in [1.29, 1.82) is 0 Å². The topological polar surface area (TPSA) is 77.0 Å². The van der Waals surface area contributed by atoms with Crippen molar-refractivity contribution in [3.05, 3.63) is 53.7 Å². The van der Waals surface area contributed by atoms with Crippen molar-refractivity contribution in [2.24, 2.45) is 0 Å². The highest BCUT2D eigenvalue weighted by Gasteiger charge is 2.39. The van der Waals surface area contributed by atoms with Crippen LogP contribution in [0.5, 0.6) is 5.75 Å². The predicted octanol–water partition coefficient (Wildman–Crippen LogP) is 1.80. The first-order valence-electron chi connectivity index (χ1n) is 10.1. The number of aromatic hydroxyl groups is 1. The minimum Gasteiger partial charge on any atom is -0.506 e. The van der Waals surface area contributed by atoms with Crippen LogP contribution in [0.2, 0.25) is 0 Å². The molecule has 2 amide bonds. The molecule has 4 rings (SSSR count). The number of aryl methyl sites for hydroxylation is 1. The van der Waals surface area contributed by atoms with Crippen LogP contribution in [0.4, 0.5) is 5.82 Å². The Bertz CT molecular complexity index is 882. The number of likely N-dealkylation sites (tertiary alicyclic amines) is 1. The molecule has 2 saturated heterocycles. The van der Waals surface area contributed by atoms with Crippen molar-refractivity contribution in [2.45, 2.75) is 32.4 Å². The summed E-state index contributed by atoms with van der Waals surface area (Å²) in [5.74, 6) is 0.632. The van der Waals surface area contributed by atoms with Gasteiger partial charge < -0.3 is 10.0 Å². The summed E-state index contributed by atoms with van der Waals surface area (Å²) in [6, 6.07) is 11.3.